The Labute approximate surface area is 160 Å². The summed E-state index contributed by atoms with van der Waals surface area (Å²) in [7, 11) is 1.59. The summed E-state index contributed by atoms with van der Waals surface area (Å²) < 4.78 is 5.09. The van der Waals surface area contributed by atoms with Gasteiger partial charge < -0.3 is 10.1 Å². The van der Waals surface area contributed by atoms with E-state index >= 15 is 0 Å². The fraction of sp³-hybridized carbons (Fsp3) is 0.105. The molecule has 0 unspecified atom stereocenters. The molecule has 26 heavy (non-hydrogen) atoms. The van der Waals surface area contributed by atoms with E-state index in [4.69, 9.17) is 16.3 Å². The molecule has 0 atom stereocenters. The van der Waals surface area contributed by atoms with Crippen molar-refractivity contribution in [1.82, 2.24) is 10.2 Å². The first-order valence-electron chi connectivity index (χ1n) is 7.78. The zero-order chi connectivity index (χ0) is 18.5. The van der Waals surface area contributed by atoms with Crippen LogP contribution in [0.4, 0.5) is 5.69 Å². The largest absolute Gasteiger partial charge is 0.497 e. The highest BCUT2D eigenvalue weighted by molar-refractivity contribution is 7.15. The molecule has 0 saturated heterocycles. The highest BCUT2D eigenvalue weighted by Gasteiger charge is 2.15. The van der Waals surface area contributed by atoms with E-state index in [0.29, 0.717) is 21.5 Å². The number of carbonyl (C=O) groups excluding carboxylic acids is 1. The number of hydrogen-bond donors (Lipinski definition) is 1. The molecule has 2 aromatic carbocycles. The maximum Gasteiger partial charge on any atom is 0.286 e. The lowest BCUT2D eigenvalue weighted by atomic mass is 10.1. The Hall–Kier alpha value is -2.70. The summed E-state index contributed by atoms with van der Waals surface area (Å²) in [4.78, 5) is 12.3. The van der Waals surface area contributed by atoms with Gasteiger partial charge in [0.2, 0.25) is 5.01 Å². The zero-order valence-electron chi connectivity index (χ0n) is 14.2. The summed E-state index contributed by atoms with van der Waals surface area (Å²) >= 11 is 7.45. The quantitative estimate of drug-likeness (QED) is 0.682. The van der Waals surface area contributed by atoms with Gasteiger partial charge >= 0.3 is 0 Å². The van der Waals surface area contributed by atoms with Crippen LogP contribution in [0.15, 0.2) is 48.5 Å². The first-order chi connectivity index (χ1) is 12.5. The zero-order valence-corrected chi connectivity index (χ0v) is 15.8. The summed E-state index contributed by atoms with van der Waals surface area (Å²) in [5.41, 5.74) is 2.78. The SMILES string of the molecule is COc1ccc(NC(=O)c2nnc(/C(Cl)=C/c3ccc(C)cc3)s2)cc1. The number of aromatic nitrogens is 2. The third-order valence-electron chi connectivity index (χ3n) is 3.54. The molecule has 5 nitrogen and oxygen atoms in total. The minimum Gasteiger partial charge on any atom is -0.497 e. The number of nitrogens with one attached hydrogen (secondary N) is 1. The van der Waals surface area contributed by atoms with Crippen molar-refractivity contribution >= 4 is 45.6 Å². The second-order valence-corrected chi connectivity index (χ2v) is 6.88. The van der Waals surface area contributed by atoms with Crippen molar-refractivity contribution in [2.24, 2.45) is 0 Å². The molecule has 1 heterocycles. The van der Waals surface area contributed by atoms with Crippen molar-refractivity contribution in [1.29, 1.82) is 0 Å². The van der Waals surface area contributed by atoms with Gasteiger partial charge in [0.05, 0.1) is 12.1 Å². The van der Waals surface area contributed by atoms with Crippen LogP contribution >= 0.6 is 22.9 Å². The van der Waals surface area contributed by atoms with Crippen LogP contribution in [0.2, 0.25) is 0 Å². The van der Waals surface area contributed by atoms with Crippen LogP contribution in [0, 0.1) is 6.92 Å². The molecule has 1 N–H and O–H groups in total. The summed E-state index contributed by atoms with van der Waals surface area (Å²) in [6.07, 6.45) is 1.80. The van der Waals surface area contributed by atoms with Crippen LogP contribution in [-0.4, -0.2) is 23.2 Å². The van der Waals surface area contributed by atoms with Crippen LogP contribution in [0.3, 0.4) is 0 Å². The van der Waals surface area contributed by atoms with Gasteiger partial charge in [-0.2, -0.15) is 0 Å². The molecule has 7 heteroatoms. The van der Waals surface area contributed by atoms with Gasteiger partial charge in [-0.1, -0.05) is 52.8 Å². The van der Waals surface area contributed by atoms with Gasteiger partial charge in [0.15, 0.2) is 5.01 Å². The summed E-state index contributed by atoms with van der Waals surface area (Å²) in [6, 6.07) is 15.0. The number of methoxy groups -OCH3 is 1. The van der Waals surface area contributed by atoms with Gasteiger partial charge in [0.25, 0.3) is 5.91 Å². The molecule has 0 radical (unpaired) electrons. The number of hydrogen-bond acceptors (Lipinski definition) is 5. The van der Waals surface area contributed by atoms with E-state index in [1.807, 2.05) is 31.2 Å². The molecular formula is C19H16ClN3O2S. The Morgan fingerprint density at radius 1 is 1.08 bits per heavy atom. The van der Waals surface area contributed by atoms with Gasteiger partial charge in [-0.3, -0.25) is 4.79 Å². The number of aryl methyl sites for hydroxylation is 1. The first-order valence-corrected chi connectivity index (χ1v) is 8.98. The highest BCUT2D eigenvalue weighted by atomic mass is 35.5. The predicted molar refractivity (Wildman–Crippen MR) is 106 cm³/mol. The number of benzene rings is 2. The molecule has 3 aromatic rings. The number of ether oxygens (including phenoxy) is 1. The lowest BCUT2D eigenvalue weighted by molar-refractivity contribution is 0.102. The predicted octanol–water partition coefficient (Wildman–Crippen LogP) is 4.84. The number of amides is 1. The molecule has 0 bridgehead atoms. The van der Waals surface area contributed by atoms with Crippen LogP contribution in [0.5, 0.6) is 5.75 Å². The molecule has 0 aliphatic carbocycles. The van der Waals surface area contributed by atoms with Gasteiger partial charge in [0, 0.05) is 5.69 Å². The summed E-state index contributed by atoms with van der Waals surface area (Å²) in [5, 5.41) is 11.9. The van der Waals surface area contributed by atoms with E-state index < -0.39 is 0 Å². The van der Waals surface area contributed by atoms with E-state index in [2.05, 4.69) is 15.5 Å². The van der Waals surface area contributed by atoms with Gasteiger partial charge in [0.1, 0.15) is 5.75 Å². The van der Waals surface area contributed by atoms with E-state index in [9.17, 15) is 4.79 Å². The standard InChI is InChI=1S/C19H16ClN3O2S/c1-12-3-5-13(6-4-12)11-16(20)18-22-23-19(26-18)17(24)21-14-7-9-15(25-2)10-8-14/h3-11H,1-2H3,(H,21,24)/b16-11-. The van der Waals surface area contributed by atoms with Gasteiger partial charge in [-0.15, -0.1) is 10.2 Å². The molecule has 0 aliphatic heterocycles. The fourth-order valence-corrected chi connectivity index (χ4v) is 3.07. The van der Waals surface area contributed by atoms with Crippen molar-refractivity contribution in [2.75, 3.05) is 12.4 Å². The second kappa shape index (κ2) is 8.12. The van der Waals surface area contributed by atoms with E-state index in [1.54, 1.807) is 37.5 Å². The molecule has 132 valence electrons. The van der Waals surface area contributed by atoms with Gasteiger partial charge in [-0.05, 0) is 42.8 Å². The minimum absolute atomic E-state index is 0.242. The lowest BCUT2D eigenvalue weighted by Crippen LogP contribution is -2.11. The molecule has 1 aromatic heterocycles. The van der Waals surface area contributed by atoms with Crippen molar-refractivity contribution in [3.63, 3.8) is 0 Å². The normalized spacial score (nSPS) is 11.3. The number of anilines is 1. The van der Waals surface area contributed by atoms with E-state index in [0.717, 1.165) is 16.9 Å². The molecule has 0 fully saturated rings. The molecule has 0 aliphatic rings. The first kappa shape index (κ1) is 18.1. The maximum absolute atomic E-state index is 12.3. The highest BCUT2D eigenvalue weighted by Crippen LogP contribution is 2.26. The summed E-state index contributed by atoms with van der Waals surface area (Å²) in [6.45, 7) is 2.02. The Morgan fingerprint density at radius 2 is 1.73 bits per heavy atom. The second-order valence-electron chi connectivity index (χ2n) is 5.50. The Bertz CT molecular complexity index is 934. The van der Waals surface area contributed by atoms with Crippen LogP contribution in [0.25, 0.3) is 11.1 Å². The van der Waals surface area contributed by atoms with Crippen LogP contribution in [0.1, 0.15) is 25.9 Å². The van der Waals surface area contributed by atoms with Crippen molar-refractivity contribution in [2.45, 2.75) is 6.92 Å². The van der Waals surface area contributed by atoms with Crippen LogP contribution < -0.4 is 10.1 Å². The fourth-order valence-electron chi connectivity index (χ4n) is 2.14. The third kappa shape index (κ3) is 4.47. The number of rotatable bonds is 5. The Balaban J connectivity index is 1.71. The third-order valence-corrected chi connectivity index (χ3v) is 4.90. The van der Waals surface area contributed by atoms with Crippen LogP contribution in [-0.2, 0) is 0 Å². The molecule has 3 rings (SSSR count). The smallest absolute Gasteiger partial charge is 0.286 e. The monoisotopic (exact) mass is 385 g/mol. The molecular weight excluding hydrogens is 370 g/mol. The number of halogens is 1. The summed E-state index contributed by atoms with van der Waals surface area (Å²) in [5.74, 6) is 0.382. The average Bonchev–Trinajstić information content (AvgIpc) is 3.15. The Kier molecular flexibility index (Phi) is 5.65. The molecule has 0 saturated carbocycles. The average molecular weight is 386 g/mol. The molecule has 1 amide bonds. The lowest BCUT2D eigenvalue weighted by Gasteiger charge is -2.03. The van der Waals surface area contributed by atoms with Crippen molar-refractivity contribution in [3.8, 4) is 5.75 Å². The van der Waals surface area contributed by atoms with Crippen molar-refractivity contribution < 1.29 is 9.53 Å². The van der Waals surface area contributed by atoms with E-state index in [-0.39, 0.29) is 10.9 Å². The number of nitrogens with zero attached hydrogens (tertiary/aromatic N) is 2. The number of carbonyl (C=O) groups is 1. The Morgan fingerprint density at radius 3 is 2.38 bits per heavy atom. The van der Waals surface area contributed by atoms with Crippen molar-refractivity contribution in [3.05, 3.63) is 69.7 Å². The minimum atomic E-state index is -0.335. The van der Waals surface area contributed by atoms with Gasteiger partial charge in [-0.25, -0.2) is 0 Å². The topological polar surface area (TPSA) is 64.1 Å². The van der Waals surface area contributed by atoms with E-state index in [1.165, 1.54) is 5.56 Å². The molecule has 0 spiro atoms. The maximum atomic E-state index is 12.3.